The number of hydrogen-bond acceptors (Lipinski definition) is 2. The fraction of sp³-hybridized carbons (Fsp3) is 0.947. The molecule has 4 bridgehead atoms. The first-order valence-corrected chi connectivity index (χ1v) is 9.09. The van der Waals surface area contributed by atoms with Crippen molar-refractivity contribution in [3.8, 4) is 0 Å². The van der Waals surface area contributed by atoms with Crippen molar-refractivity contribution in [1.29, 1.82) is 0 Å². The maximum Gasteiger partial charge on any atom is 0.312 e. The van der Waals surface area contributed by atoms with Crippen molar-refractivity contribution in [2.45, 2.75) is 71.8 Å². The van der Waals surface area contributed by atoms with Crippen LogP contribution in [-0.2, 0) is 9.53 Å². The van der Waals surface area contributed by atoms with Crippen LogP contribution in [0.3, 0.4) is 0 Å². The first-order valence-electron chi connectivity index (χ1n) is 9.09. The third-order valence-corrected chi connectivity index (χ3v) is 7.71. The first kappa shape index (κ1) is 14.1. The Hall–Kier alpha value is -0.530. The Bertz CT molecular complexity index is 438. The lowest BCUT2D eigenvalue weighted by Gasteiger charge is -2.62. The molecule has 0 N–H and O–H groups in total. The van der Waals surface area contributed by atoms with Gasteiger partial charge >= 0.3 is 5.97 Å². The van der Waals surface area contributed by atoms with Crippen LogP contribution in [0.5, 0.6) is 0 Å². The maximum absolute atomic E-state index is 12.8. The predicted molar refractivity (Wildman–Crippen MR) is 82.6 cm³/mol. The standard InChI is InChI=1S/C19H30O2/c1-11(2)19(21-17(20)18(4)10-12(18)3)15-6-13-5-14(8-15)9-16(19)7-13/h11-16H,5-10H2,1-4H3. The van der Waals surface area contributed by atoms with E-state index in [-0.39, 0.29) is 17.0 Å². The highest BCUT2D eigenvalue weighted by Crippen LogP contribution is 2.63. The van der Waals surface area contributed by atoms with Gasteiger partial charge in [-0.2, -0.15) is 0 Å². The third-order valence-electron chi connectivity index (χ3n) is 7.71. The van der Waals surface area contributed by atoms with Gasteiger partial charge < -0.3 is 4.74 Å². The van der Waals surface area contributed by atoms with Gasteiger partial charge in [0.05, 0.1) is 5.41 Å². The molecule has 0 saturated heterocycles. The lowest BCUT2D eigenvalue weighted by atomic mass is 9.47. The topological polar surface area (TPSA) is 26.3 Å². The smallest absolute Gasteiger partial charge is 0.312 e. The van der Waals surface area contributed by atoms with E-state index in [0.29, 0.717) is 23.7 Å². The molecule has 5 aliphatic rings. The highest BCUT2D eigenvalue weighted by Gasteiger charge is 2.63. The summed E-state index contributed by atoms with van der Waals surface area (Å²) in [5, 5.41) is 0. The van der Waals surface area contributed by atoms with E-state index in [4.69, 9.17) is 4.74 Å². The van der Waals surface area contributed by atoms with Gasteiger partial charge in [-0.25, -0.2) is 0 Å². The van der Waals surface area contributed by atoms with Crippen molar-refractivity contribution in [2.75, 3.05) is 0 Å². The van der Waals surface area contributed by atoms with Crippen LogP contribution < -0.4 is 0 Å². The summed E-state index contributed by atoms with van der Waals surface area (Å²) in [4.78, 5) is 12.8. The Morgan fingerprint density at radius 1 is 1.05 bits per heavy atom. The number of esters is 1. The van der Waals surface area contributed by atoms with Crippen molar-refractivity contribution in [3.63, 3.8) is 0 Å². The molecule has 118 valence electrons. The molecule has 21 heavy (non-hydrogen) atoms. The molecule has 5 rings (SSSR count). The lowest BCUT2D eigenvalue weighted by molar-refractivity contribution is -0.229. The van der Waals surface area contributed by atoms with E-state index >= 15 is 0 Å². The zero-order valence-corrected chi connectivity index (χ0v) is 14.0. The molecule has 2 unspecified atom stereocenters. The Morgan fingerprint density at radius 3 is 1.90 bits per heavy atom. The Balaban J connectivity index is 1.63. The molecule has 0 aliphatic heterocycles. The molecule has 0 aromatic heterocycles. The SMILES string of the molecule is CC1CC1(C)C(=O)OC1(C(C)C)C2CC3CC(C2)CC1C3. The fourth-order valence-corrected chi connectivity index (χ4v) is 6.29. The van der Waals surface area contributed by atoms with Crippen LogP contribution in [0.25, 0.3) is 0 Å². The molecular weight excluding hydrogens is 260 g/mol. The van der Waals surface area contributed by atoms with E-state index in [9.17, 15) is 4.79 Å². The summed E-state index contributed by atoms with van der Waals surface area (Å²) in [6, 6.07) is 0. The van der Waals surface area contributed by atoms with E-state index in [0.717, 1.165) is 18.3 Å². The normalized spacial score (nSPS) is 54.0. The third kappa shape index (κ3) is 1.80. The van der Waals surface area contributed by atoms with Crippen LogP contribution in [0.15, 0.2) is 0 Å². The number of carbonyl (C=O) groups is 1. The van der Waals surface area contributed by atoms with Crippen molar-refractivity contribution in [2.24, 2.45) is 40.9 Å². The minimum atomic E-state index is -0.184. The van der Waals surface area contributed by atoms with Gasteiger partial charge in [0.25, 0.3) is 0 Å². The molecule has 5 aliphatic carbocycles. The van der Waals surface area contributed by atoms with Crippen LogP contribution in [0, 0.1) is 40.9 Å². The average Bonchev–Trinajstić information content (AvgIpc) is 3.02. The Kier molecular flexibility index (Phi) is 2.86. The second-order valence-corrected chi connectivity index (χ2v) is 9.22. The summed E-state index contributed by atoms with van der Waals surface area (Å²) in [6.07, 6.45) is 7.70. The molecule has 0 heterocycles. The number of ether oxygens (including phenoxy) is 1. The summed E-state index contributed by atoms with van der Waals surface area (Å²) in [7, 11) is 0. The number of hydrogen-bond donors (Lipinski definition) is 0. The van der Waals surface area contributed by atoms with E-state index in [1.54, 1.807) is 0 Å². The summed E-state index contributed by atoms with van der Waals surface area (Å²) in [5.74, 6) is 4.18. The van der Waals surface area contributed by atoms with Gasteiger partial charge in [0.1, 0.15) is 5.60 Å². The van der Waals surface area contributed by atoms with Crippen molar-refractivity contribution < 1.29 is 9.53 Å². The van der Waals surface area contributed by atoms with Gasteiger partial charge in [-0.1, -0.05) is 20.8 Å². The van der Waals surface area contributed by atoms with Crippen molar-refractivity contribution in [1.82, 2.24) is 0 Å². The largest absolute Gasteiger partial charge is 0.458 e. The second-order valence-electron chi connectivity index (χ2n) is 9.22. The van der Waals surface area contributed by atoms with E-state index < -0.39 is 0 Å². The molecule has 0 spiro atoms. The van der Waals surface area contributed by atoms with Gasteiger partial charge in [-0.05, 0) is 81.0 Å². The van der Waals surface area contributed by atoms with Gasteiger partial charge in [0.2, 0.25) is 0 Å². The van der Waals surface area contributed by atoms with Gasteiger partial charge in [-0.15, -0.1) is 0 Å². The fourth-order valence-electron chi connectivity index (χ4n) is 6.29. The molecule has 0 amide bonds. The molecule has 2 nitrogen and oxygen atoms in total. The Morgan fingerprint density at radius 2 is 1.52 bits per heavy atom. The second kappa shape index (κ2) is 4.26. The minimum Gasteiger partial charge on any atom is -0.458 e. The molecule has 0 aromatic rings. The zero-order valence-electron chi connectivity index (χ0n) is 14.0. The van der Waals surface area contributed by atoms with Crippen molar-refractivity contribution >= 4 is 5.97 Å². The van der Waals surface area contributed by atoms with Crippen LogP contribution >= 0.6 is 0 Å². The number of rotatable bonds is 3. The van der Waals surface area contributed by atoms with Gasteiger partial charge in [0.15, 0.2) is 0 Å². The van der Waals surface area contributed by atoms with Crippen LogP contribution in [-0.4, -0.2) is 11.6 Å². The first-order chi connectivity index (χ1) is 9.86. The summed E-state index contributed by atoms with van der Waals surface area (Å²) < 4.78 is 6.43. The Labute approximate surface area is 129 Å². The van der Waals surface area contributed by atoms with E-state index in [1.165, 1.54) is 32.1 Å². The quantitative estimate of drug-likeness (QED) is 0.719. The van der Waals surface area contributed by atoms with Gasteiger partial charge in [0, 0.05) is 0 Å². The monoisotopic (exact) mass is 290 g/mol. The lowest BCUT2D eigenvalue weighted by Crippen LogP contribution is -2.62. The molecular formula is C19H30O2. The van der Waals surface area contributed by atoms with Gasteiger partial charge in [-0.3, -0.25) is 4.79 Å². The van der Waals surface area contributed by atoms with E-state index in [2.05, 4.69) is 27.7 Å². The van der Waals surface area contributed by atoms with Crippen molar-refractivity contribution in [3.05, 3.63) is 0 Å². The summed E-state index contributed by atoms with van der Waals surface area (Å²) >= 11 is 0. The highest BCUT2D eigenvalue weighted by atomic mass is 16.6. The molecule has 0 radical (unpaired) electrons. The highest BCUT2D eigenvalue weighted by molar-refractivity contribution is 5.80. The molecule has 2 atom stereocenters. The van der Waals surface area contributed by atoms with Crippen LogP contribution in [0.4, 0.5) is 0 Å². The van der Waals surface area contributed by atoms with Crippen LogP contribution in [0.2, 0.25) is 0 Å². The minimum absolute atomic E-state index is 0.108. The summed E-state index contributed by atoms with van der Waals surface area (Å²) in [6.45, 7) is 8.85. The van der Waals surface area contributed by atoms with E-state index in [1.807, 2.05) is 0 Å². The molecule has 5 fully saturated rings. The molecule has 0 aromatic carbocycles. The average molecular weight is 290 g/mol. The maximum atomic E-state index is 12.8. The molecule has 2 heteroatoms. The molecule has 5 saturated carbocycles. The number of carbonyl (C=O) groups excluding carboxylic acids is 1. The predicted octanol–water partition coefficient (Wildman–Crippen LogP) is 4.43. The summed E-state index contributed by atoms with van der Waals surface area (Å²) in [5.41, 5.74) is -0.327. The van der Waals surface area contributed by atoms with Crippen LogP contribution in [0.1, 0.15) is 66.2 Å². The zero-order chi connectivity index (χ0) is 15.0.